The standard InChI is InChI=1S/C13H15N3O4/c1-8(17)14-10-4-2-9(3-5-10)13-11(16(19)20)6-7-12(18)15-13/h2-5,11,13H,6-7H2,1H3,(H,14,17)(H,15,18)/t11-,13-/m0/s1. The molecule has 7 nitrogen and oxygen atoms in total. The van der Waals surface area contributed by atoms with Crippen LogP contribution >= 0.6 is 0 Å². The van der Waals surface area contributed by atoms with E-state index in [0.717, 1.165) is 0 Å². The maximum atomic E-state index is 11.4. The Morgan fingerprint density at radius 3 is 2.60 bits per heavy atom. The van der Waals surface area contributed by atoms with Crippen LogP contribution < -0.4 is 10.6 Å². The molecular formula is C13H15N3O4. The summed E-state index contributed by atoms with van der Waals surface area (Å²) in [5.41, 5.74) is 1.27. The van der Waals surface area contributed by atoms with Crippen molar-refractivity contribution in [1.82, 2.24) is 5.32 Å². The number of hydrogen-bond donors (Lipinski definition) is 2. The number of anilines is 1. The van der Waals surface area contributed by atoms with Crippen LogP contribution in [0.4, 0.5) is 5.69 Å². The fourth-order valence-corrected chi connectivity index (χ4v) is 2.30. The molecule has 1 fully saturated rings. The fraction of sp³-hybridized carbons (Fsp3) is 0.385. The molecule has 2 amide bonds. The Bertz CT molecular complexity index is 541. The number of amides is 2. The van der Waals surface area contributed by atoms with E-state index in [4.69, 9.17) is 0 Å². The Kier molecular flexibility index (Phi) is 3.97. The molecule has 1 aliphatic rings. The average molecular weight is 277 g/mol. The van der Waals surface area contributed by atoms with E-state index in [0.29, 0.717) is 11.3 Å². The minimum Gasteiger partial charge on any atom is -0.343 e. The summed E-state index contributed by atoms with van der Waals surface area (Å²) < 4.78 is 0. The molecular weight excluding hydrogens is 262 g/mol. The van der Waals surface area contributed by atoms with Gasteiger partial charge in [-0.1, -0.05) is 12.1 Å². The van der Waals surface area contributed by atoms with Crippen molar-refractivity contribution in [3.8, 4) is 0 Å². The third kappa shape index (κ3) is 3.11. The fourth-order valence-electron chi connectivity index (χ4n) is 2.30. The number of benzene rings is 1. The van der Waals surface area contributed by atoms with Crippen LogP contribution in [0.2, 0.25) is 0 Å². The number of hydrogen-bond acceptors (Lipinski definition) is 4. The predicted molar refractivity (Wildman–Crippen MR) is 71.6 cm³/mol. The van der Waals surface area contributed by atoms with Gasteiger partial charge in [-0.05, 0) is 17.7 Å². The Labute approximate surface area is 115 Å². The summed E-state index contributed by atoms with van der Waals surface area (Å²) in [6, 6.07) is 5.23. The largest absolute Gasteiger partial charge is 0.343 e. The predicted octanol–water partition coefficient (Wildman–Crippen LogP) is 1.24. The molecule has 106 valence electrons. The van der Waals surface area contributed by atoms with Crippen LogP contribution in [0.15, 0.2) is 24.3 Å². The average Bonchev–Trinajstić information content (AvgIpc) is 2.38. The van der Waals surface area contributed by atoms with Crippen molar-refractivity contribution < 1.29 is 14.5 Å². The minimum absolute atomic E-state index is 0.173. The molecule has 0 spiro atoms. The van der Waals surface area contributed by atoms with Crippen LogP contribution in [0.25, 0.3) is 0 Å². The van der Waals surface area contributed by atoms with Gasteiger partial charge in [0.1, 0.15) is 6.04 Å². The smallest absolute Gasteiger partial charge is 0.237 e. The summed E-state index contributed by atoms with van der Waals surface area (Å²) in [7, 11) is 0. The zero-order chi connectivity index (χ0) is 14.7. The van der Waals surface area contributed by atoms with Crippen LogP contribution in [-0.4, -0.2) is 22.8 Å². The number of carbonyl (C=O) groups excluding carboxylic acids is 2. The van der Waals surface area contributed by atoms with Crippen LogP contribution in [0, 0.1) is 10.1 Å². The van der Waals surface area contributed by atoms with Gasteiger partial charge >= 0.3 is 0 Å². The van der Waals surface area contributed by atoms with Crippen molar-refractivity contribution in [3.63, 3.8) is 0 Å². The molecule has 0 aliphatic carbocycles. The van der Waals surface area contributed by atoms with Gasteiger partial charge in [0, 0.05) is 30.4 Å². The second-order valence-electron chi connectivity index (χ2n) is 4.74. The first kappa shape index (κ1) is 14.0. The van der Waals surface area contributed by atoms with Gasteiger partial charge in [0.2, 0.25) is 17.9 Å². The minimum atomic E-state index is -0.820. The first-order valence-electron chi connectivity index (χ1n) is 6.28. The Morgan fingerprint density at radius 2 is 2.05 bits per heavy atom. The van der Waals surface area contributed by atoms with Gasteiger partial charge in [-0.25, -0.2) is 0 Å². The SMILES string of the molecule is CC(=O)Nc1ccc([C@@H]2NC(=O)CC[C@@H]2[N+](=O)[O-])cc1. The van der Waals surface area contributed by atoms with Crippen molar-refractivity contribution in [3.05, 3.63) is 39.9 Å². The highest BCUT2D eigenvalue weighted by Gasteiger charge is 2.37. The maximum Gasteiger partial charge on any atom is 0.237 e. The van der Waals surface area contributed by atoms with Crippen LogP contribution in [0.3, 0.4) is 0 Å². The molecule has 2 rings (SSSR count). The first-order valence-corrected chi connectivity index (χ1v) is 6.28. The lowest BCUT2D eigenvalue weighted by atomic mass is 9.92. The Morgan fingerprint density at radius 1 is 1.40 bits per heavy atom. The van der Waals surface area contributed by atoms with Crippen molar-refractivity contribution in [2.75, 3.05) is 5.32 Å². The number of nitrogens with zero attached hydrogens (tertiary/aromatic N) is 1. The molecule has 1 aliphatic heterocycles. The first-order chi connectivity index (χ1) is 9.47. The maximum absolute atomic E-state index is 11.4. The summed E-state index contributed by atoms with van der Waals surface area (Å²) in [6.45, 7) is 1.40. The second-order valence-corrected chi connectivity index (χ2v) is 4.74. The van der Waals surface area contributed by atoms with Gasteiger partial charge < -0.3 is 10.6 Å². The van der Waals surface area contributed by atoms with E-state index in [2.05, 4.69) is 10.6 Å². The number of nitro groups is 1. The van der Waals surface area contributed by atoms with E-state index in [1.54, 1.807) is 24.3 Å². The molecule has 2 atom stereocenters. The molecule has 1 saturated heterocycles. The van der Waals surface area contributed by atoms with E-state index in [1.165, 1.54) is 6.92 Å². The molecule has 2 N–H and O–H groups in total. The highest BCUT2D eigenvalue weighted by Crippen LogP contribution is 2.27. The molecule has 1 aromatic carbocycles. The van der Waals surface area contributed by atoms with Gasteiger partial charge in [0.15, 0.2) is 0 Å². The molecule has 0 bridgehead atoms. The van der Waals surface area contributed by atoms with Gasteiger partial charge in [0.05, 0.1) is 0 Å². The summed E-state index contributed by atoms with van der Waals surface area (Å²) >= 11 is 0. The third-order valence-corrected chi connectivity index (χ3v) is 3.23. The zero-order valence-corrected chi connectivity index (χ0v) is 11.0. The van der Waals surface area contributed by atoms with Crippen molar-refractivity contribution >= 4 is 17.5 Å². The number of piperidine rings is 1. The van der Waals surface area contributed by atoms with Gasteiger partial charge in [-0.3, -0.25) is 19.7 Å². The van der Waals surface area contributed by atoms with Gasteiger partial charge in [-0.2, -0.15) is 0 Å². The van der Waals surface area contributed by atoms with Gasteiger partial charge in [0.25, 0.3) is 0 Å². The molecule has 1 heterocycles. The Balaban J connectivity index is 2.21. The summed E-state index contributed by atoms with van der Waals surface area (Å²) in [5.74, 6) is -0.370. The number of rotatable bonds is 3. The van der Waals surface area contributed by atoms with Crippen molar-refractivity contribution in [2.45, 2.75) is 31.8 Å². The lowest BCUT2D eigenvalue weighted by molar-refractivity contribution is -0.529. The third-order valence-electron chi connectivity index (χ3n) is 3.23. The summed E-state index contributed by atoms with van der Waals surface area (Å²) in [4.78, 5) is 33.1. The molecule has 20 heavy (non-hydrogen) atoms. The van der Waals surface area contributed by atoms with E-state index in [9.17, 15) is 19.7 Å². The molecule has 0 radical (unpaired) electrons. The zero-order valence-electron chi connectivity index (χ0n) is 11.0. The monoisotopic (exact) mass is 277 g/mol. The lowest BCUT2D eigenvalue weighted by Gasteiger charge is -2.26. The molecule has 0 saturated carbocycles. The Hall–Kier alpha value is -2.44. The lowest BCUT2D eigenvalue weighted by Crippen LogP contribution is -2.45. The van der Waals surface area contributed by atoms with E-state index >= 15 is 0 Å². The van der Waals surface area contributed by atoms with Gasteiger partial charge in [-0.15, -0.1) is 0 Å². The normalized spacial score (nSPS) is 21.9. The van der Waals surface area contributed by atoms with Crippen LogP contribution in [0.1, 0.15) is 31.4 Å². The van der Waals surface area contributed by atoms with E-state index < -0.39 is 12.1 Å². The molecule has 1 aromatic rings. The highest BCUT2D eigenvalue weighted by molar-refractivity contribution is 5.88. The molecule has 7 heteroatoms. The number of carbonyl (C=O) groups is 2. The topological polar surface area (TPSA) is 101 Å². The van der Waals surface area contributed by atoms with Crippen LogP contribution in [0.5, 0.6) is 0 Å². The van der Waals surface area contributed by atoms with Crippen LogP contribution in [-0.2, 0) is 9.59 Å². The van der Waals surface area contributed by atoms with E-state index in [1.807, 2.05) is 0 Å². The summed E-state index contributed by atoms with van der Waals surface area (Å²) in [6.07, 6.45) is 0.406. The highest BCUT2D eigenvalue weighted by atomic mass is 16.6. The quantitative estimate of drug-likeness (QED) is 0.641. The second kappa shape index (κ2) is 5.68. The van der Waals surface area contributed by atoms with E-state index in [-0.39, 0.29) is 29.6 Å². The number of nitrogens with one attached hydrogen (secondary N) is 2. The van der Waals surface area contributed by atoms with Crippen molar-refractivity contribution in [1.29, 1.82) is 0 Å². The summed E-state index contributed by atoms with van der Waals surface area (Å²) in [5, 5.41) is 16.3. The van der Waals surface area contributed by atoms with Crippen molar-refractivity contribution in [2.24, 2.45) is 0 Å². The molecule has 0 aromatic heterocycles. The molecule has 0 unspecified atom stereocenters.